The topological polar surface area (TPSA) is 25.8 Å². The Bertz CT molecular complexity index is 3640. The molecule has 0 amide bonds. The van der Waals surface area contributed by atoms with E-state index in [0.717, 1.165) is 39.2 Å². The van der Waals surface area contributed by atoms with Gasteiger partial charge in [0.05, 0.1) is 11.4 Å². The Morgan fingerprint density at radius 1 is 0.262 bits per heavy atom. The van der Waals surface area contributed by atoms with Gasteiger partial charge in [-0.1, -0.05) is 182 Å². The first-order valence-corrected chi connectivity index (χ1v) is 21.5. The molecule has 0 unspecified atom stereocenters. The summed E-state index contributed by atoms with van der Waals surface area (Å²) in [7, 11) is 0. The standard InChI is InChI=1S/C58H36N2S/c1-2-13-40(14-3-1)58-59-53(39-26-24-37(25-27-39)43-29-30-50-49-22-8-9-23-55(49)61-56(50)35-43)36-54(60-58)45-18-10-16-41(32-45)42-17-11-19-46(33-42)57-48-21-7-5-15-44(48)34-52-47-20-6-4-12-38(47)28-31-51(52)57/h1-36H. The van der Waals surface area contributed by atoms with Gasteiger partial charge in [0.1, 0.15) is 0 Å². The fourth-order valence-corrected chi connectivity index (χ4v) is 10.2. The quantitative estimate of drug-likeness (QED) is 0.124. The SMILES string of the molecule is c1ccc(-c2nc(-c3ccc(-c4ccc5c(c4)sc4ccccc45)cc3)cc(-c3cccc(-c4cccc(-c5c6ccccc6cc6c5ccc5ccccc56)c4)c3)n2)cc1. The number of hydrogen-bond donors (Lipinski definition) is 0. The van der Waals surface area contributed by atoms with Gasteiger partial charge in [0.15, 0.2) is 5.82 Å². The predicted molar refractivity (Wildman–Crippen MR) is 260 cm³/mol. The second-order valence-electron chi connectivity index (χ2n) is 15.7. The normalized spacial score (nSPS) is 11.6. The second kappa shape index (κ2) is 14.5. The fraction of sp³-hybridized carbons (Fsp3) is 0. The average Bonchev–Trinajstić information content (AvgIpc) is 3.71. The van der Waals surface area contributed by atoms with Crippen molar-refractivity contribution in [1.29, 1.82) is 0 Å². The van der Waals surface area contributed by atoms with Crippen LogP contribution in [0.15, 0.2) is 218 Å². The molecule has 0 aliphatic rings. The Labute approximate surface area is 357 Å². The molecule has 284 valence electrons. The molecule has 0 saturated carbocycles. The number of benzene rings is 10. The lowest BCUT2D eigenvalue weighted by Crippen LogP contribution is -1.96. The highest BCUT2D eigenvalue weighted by molar-refractivity contribution is 7.25. The summed E-state index contributed by atoms with van der Waals surface area (Å²) in [5.74, 6) is 0.704. The third kappa shape index (κ3) is 6.26. The molecule has 0 atom stereocenters. The highest BCUT2D eigenvalue weighted by Gasteiger charge is 2.15. The van der Waals surface area contributed by atoms with E-state index in [1.54, 1.807) is 0 Å². The second-order valence-corrected chi connectivity index (χ2v) is 16.8. The summed E-state index contributed by atoms with van der Waals surface area (Å²) in [4.78, 5) is 10.3. The van der Waals surface area contributed by atoms with Gasteiger partial charge in [-0.15, -0.1) is 11.3 Å². The molecule has 0 bridgehead atoms. The third-order valence-corrected chi connectivity index (χ3v) is 13.2. The summed E-state index contributed by atoms with van der Waals surface area (Å²) < 4.78 is 2.63. The van der Waals surface area contributed by atoms with Gasteiger partial charge in [-0.3, -0.25) is 0 Å². The van der Waals surface area contributed by atoms with Crippen LogP contribution < -0.4 is 0 Å². The smallest absolute Gasteiger partial charge is 0.160 e. The molecule has 61 heavy (non-hydrogen) atoms. The Morgan fingerprint density at radius 3 is 1.64 bits per heavy atom. The highest BCUT2D eigenvalue weighted by atomic mass is 32.1. The van der Waals surface area contributed by atoms with E-state index < -0.39 is 0 Å². The van der Waals surface area contributed by atoms with E-state index in [0.29, 0.717) is 5.82 Å². The molecule has 2 nitrogen and oxygen atoms in total. The number of thiophene rings is 1. The predicted octanol–water partition coefficient (Wildman–Crippen LogP) is 16.3. The van der Waals surface area contributed by atoms with E-state index in [1.807, 2.05) is 29.5 Å². The number of fused-ring (bicyclic) bond motifs is 7. The summed E-state index contributed by atoms with van der Waals surface area (Å²) in [6, 6.07) is 78.8. The lowest BCUT2D eigenvalue weighted by molar-refractivity contribution is 1.18. The van der Waals surface area contributed by atoms with Crippen LogP contribution in [0.25, 0.3) is 120 Å². The minimum absolute atomic E-state index is 0.704. The zero-order valence-electron chi connectivity index (χ0n) is 33.1. The first kappa shape index (κ1) is 35.2. The van der Waals surface area contributed by atoms with Crippen molar-refractivity contribution in [3.8, 4) is 67.3 Å². The molecular formula is C58H36N2S. The van der Waals surface area contributed by atoms with Crippen molar-refractivity contribution in [3.05, 3.63) is 218 Å². The Hall–Kier alpha value is -7.72. The van der Waals surface area contributed by atoms with Crippen molar-refractivity contribution >= 4 is 63.8 Å². The maximum atomic E-state index is 5.19. The maximum absolute atomic E-state index is 5.19. The van der Waals surface area contributed by atoms with Crippen molar-refractivity contribution in [2.75, 3.05) is 0 Å². The van der Waals surface area contributed by atoms with Crippen LogP contribution in [0.4, 0.5) is 0 Å². The first-order valence-electron chi connectivity index (χ1n) is 20.7. The van der Waals surface area contributed by atoms with Crippen LogP contribution in [-0.2, 0) is 0 Å². The first-order chi connectivity index (χ1) is 30.2. The van der Waals surface area contributed by atoms with E-state index in [1.165, 1.54) is 74.7 Å². The fourth-order valence-electron chi connectivity index (χ4n) is 9.04. The van der Waals surface area contributed by atoms with Gasteiger partial charge in [0, 0.05) is 36.9 Å². The summed E-state index contributed by atoms with van der Waals surface area (Å²) >= 11 is 1.85. The van der Waals surface area contributed by atoms with Gasteiger partial charge in [-0.05, 0) is 102 Å². The molecule has 3 heteroatoms. The van der Waals surface area contributed by atoms with Crippen LogP contribution in [0, 0.1) is 0 Å². The van der Waals surface area contributed by atoms with Gasteiger partial charge >= 0.3 is 0 Å². The Morgan fingerprint density at radius 2 is 0.820 bits per heavy atom. The molecule has 0 aliphatic carbocycles. The largest absolute Gasteiger partial charge is 0.228 e. The highest BCUT2D eigenvalue weighted by Crippen LogP contribution is 2.41. The monoisotopic (exact) mass is 792 g/mol. The molecule has 0 N–H and O–H groups in total. The lowest BCUT2D eigenvalue weighted by atomic mass is 9.88. The minimum Gasteiger partial charge on any atom is -0.228 e. The van der Waals surface area contributed by atoms with E-state index >= 15 is 0 Å². The number of hydrogen-bond acceptors (Lipinski definition) is 3. The van der Waals surface area contributed by atoms with Gasteiger partial charge in [0.2, 0.25) is 0 Å². The molecule has 2 aromatic heterocycles. The van der Waals surface area contributed by atoms with Crippen molar-refractivity contribution < 1.29 is 0 Å². The van der Waals surface area contributed by atoms with Crippen molar-refractivity contribution in [3.63, 3.8) is 0 Å². The van der Waals surface area contributed by atoms with E-state index in [4.69, 9.17) is 9.97 Å². The van der Waals surface area contributed by atoms with E-state index in [2.05, 4.69) is 200 Å². The third-order valence-electron chi connectivity index (χ3n) is 12.1. The molecule has 0 radical (unpaired) electrons. The van der Waals surface area contributed by atoms with Crippen LogP contribution in [0.1, 0.15) is 0 Å². The lowest BCUT2D eigenvalue weighted by Gasteiger charge is -2.15. The van der Waals surface area contributed by atoms with E-state index in [-0.39, 0.29) is 0 Å². The molecular weight excluding hydrogens is 757 g/mol. The maximum Gasteiger partial charge on any atom is 0.160 e. The molecule has 0 aliphatic heterocycles. The molecule has 0 fully saturated rings. The Kier molecular flexibility index (Phi) is 8.39. The Balaban J connectivity index is 0.935. The average molecular weight is 793 g/mol. The summed E-state index contributed by atoms with van der Waals surface area (Å²) in [5, 5.41) is 10.2. The van der Waals surface area contributed by atoms with Crippen molar-refractivity contribution in [2.45, 2.75) is 0 Å². The van der Waals surface area contributed by atoms with Gasteiger partial charge in [0.25, 0.3) is 0 Å². The molecule has 10 aromatic carbocycles. The summed E-state index contributed by atoms with van der Waals surface area (Å²) in [5.41, 5.74) is 12.0. The van der Waals surface area contributed by atoms with Crippen LogP contribution in [0.5, 0.6) is 0 Å². The van der Waals surface area contributed by atoms with Crippen LogP contribution in [0.3, 0.4) is 0 Å². The number of nitrogens with zero attached hydrogens (tertiary/aromatic N) is 2. The number of rotatable bonds is 6. The number of aromatic nitrogens is 2. The van der Waals surface area contributed by atoms with Crippen LogP contribution in [0.2, 0.25) is 0 Å². The van der Waals surface area contributed by atoms with Gasteiger partial charge in [-0.2, -0.15) is 0 Å². The van der Waals surface area contributed by atoms with Crippen LogP contribution in [-0.4, -0.2) is 9.97 Å². The van der Waals surface area contributed by atoms with Crippen molar-refractivity contribution in [2.24, 2.45) is 0 Å². The zero-order chi connectivity index (χ0) is 40.3. The summed E-state index contributed by atoms with van der Waals surface area (Å²) in [6.45, 7) is 0. The molecule has 0 saturated heterocycles. The van der Waals surface area contributed by atoms with Crippen LogP contribution >= 0.6 is 11.3 Å². The van der Waals surface area contributed by atoms with Crippen molar-refractivity contribution in [1.82, 2.24) is 9.97 Å². The summed E-state index contributed by atoms with van der Waals surface area (Å²) in [6.07, 6.45) is 0. The molecule has 12 aromatic rings. The zero-order valence-corrected chi connectivity index (χ0v) is 33.9. The molecule has 12 rings (SSSR count). The van der Waals surface area contributed by atoms with Gasteiger partial charge < -0.3 is 0 Å². The minimum atomic E-state index is 0.704. The molecule has 0 spiro atoms. The van der Waals surface area contributed by atoms with Gasteiger partial charge in [-0.25, -0.2) is 9.97 Å². The molecule has 2 heterocycles. The van der Waals surface area contributed by atoms with E-state index in [9.17, 15) is 0 Å².